The zero-order valence-electron chi connectivity index (χ0n) is 20.2. The van der Waals surface area contributed by atoms with Crippen molar-refractivity contribution in [1.29, 1.82) is 0 Å². The van der Waals surface area contributed by atoms with Crippen LogP contribution >= 0.6 is 0 Å². The van der Waals surface area contributed by atoms with E-state index in [0.717, 1.165) is 50.2 Å². The minimum absolute atomic E-state index is 0.0327. The van der Waals surface area contributed by atoms with Crippen molar-refractivity contribution in [2.75, 3.05) is 28.6 Å². The number of benzene rings is 1. The number of rotatable bonds is 10. The molecular formula is C25H38F2N6. The zero-order valence-corrected chi connectivity index (χ0v) is 20.2. The van der Waals surface area contributed by atoms with E-state index < -0.39 is 6.43 Å². The molecule has 1 saturated heterocycles. The first-order chi connectivity index (χ1) is 15.9. The number of nitrogens with zero attached hydrogens (tertiary/aromatic N) is 3. The summed E-state index contributed by atoms with van der Waals surface area (Å²) in [6.45, 7) is 10.9. The van der Waals surface area contributed by atoms with Gasteiger partial charge in [-0.1, -0.05) is 39.8 Å². The molecule has 1 aliphatic rings. The molecule has 0 bridgehead atoms. The fraction of sp³-hybridized carbons (Fsp3) is 0.600. The van der Waals surface area contributed by atoms with Crippen LogP contribution in [0.15, 0.2) is 24.3 Å². The van der Waals surface area contributed by atoms with Gasteiger partial charge in [-0.2, -0.15) is 9.97 Å². The number of aromatic nitrogens is 2. The Labute approximate surface area is 196 Å². The number of piperidine rings is 1. The highest BCUT2D eigenvalue weighted by Gasteiger charge is 2.26. The minimum atomic E-state index is -2.53. The van der Waals surface area contributed by atoms with Gasteiger partial charge >= 0.3 is 0 Å². The lowest BCUT2D eigenvalue weighted by molar-refractivity contribution is 0.151. The van der Waals surface area contributed by atoms with E-state index in [1.54, 1.807) is 12.1 Å². The Morgan fingerprint density at radius 2 is 1.82 bits per heavy atom. The predicted octanol–water partition coefficient (Wildman–Crippen LogP) is 6.09. The summed E-state index contributed by atoms with van der Waals surface area (Å²) in [5.41, 5.74) is 7.51. The van der Waals surface area contributed by atoms with E-state index in [1.165, 1.54) is 12.1 Å². The zero-order chi connectivity index (χ0) is 24.0. The van der Waals surface area contributed by atoms with Gasteiger partial charge in [0, 0.05) is 36.9 Å². The SMILES string of the molecule is CCC(CC)Nc1nc(Nc2cccc(C(F)F)c2)c(CN)c(N2CCC(C(C)C)CC2)n1. The Morgan fingerprint density at radius 1 is 1.12 bits per heavy atom. The second kappa shape index (κ2) is 11.6. The molecule has 0 saturated carbocycles. The van der Waals surface area contributed by atoms with Crippen LogP contribution in [-0.2, 0) is 6.54 Å². The molecule has 3 rings (SSSR count). The molecule has 6 nitrogen and oxygen atoms in total. The van der Waals surface area contributed by atoms with Gasteiger partial charge in [-0.15, -0.1) is 0 Å². The fourth-order valence-electron chi connectivity index (χ4n) is 4.43. The third-order valence-corrected chi connectivity index (χ3v) is 6.69. The third kappa shape index (κ3) is 6.31. The van der Waals surface area contributed by atoms with Crippen LogP contribution in [0.1, 0.15) is 70.9 Å². The van der Waals surface area contributed by atoms with Crippen LogP contribution in [0.4, 0.5) is 32.1 Å². The molecule has 4 N–H and O–H groups in total. The van der Waals surface area contributed by atoms with Gasteiger partial charge in [0.15, 0.2) is 0 Å². The summed E-state index contributed by atoms with van der Waals surface area (Å²) < 4.78 is 26.4. The van der Waals surface area contributed by atoms with E-state index in [-0.39, 0.29) is 18.2 Å². The van der Waals surface area contributed by atoms with Crippen molar-refractivity contribution < 1.29 is 8.78 Å². The van der Waals surface area contributed by atoms with Gasteiger partial charge in [0.1, 0.15) is 11.6 Å². The summed E-state index contributed by atoms with van der Waals surface area (Å²) in [6.07, 6.45) is 1.59. The summed E-state index contributed by atoms with van der Waals surface area (Å²) in [7, 11) is 0. The van der Waals surface area contributed by atoms with Crippen LogP contribution in [0, 0.1) is 11.8 Å². The maximum Gasteiger partial charge on any atom is 0.263 e. The minimum Gasteiger partial charge on any atom is -0.356 e. The number of alkyl halides is 2. The molecule has 0 radical (unpaired) electrons. The van der Waals surface area contributed by atoms with Crippen molar-refractivity contribution in [2.24, 2.45) is 17.6 Å². The number of hydrogen-bond donors (Lipinski definition) is 3. The lowest BCUT2D eigenvalue weighted by Crippen LogP contribution is -2.37. The smallest absolute Gasteiger partial charge is 0.263 e. The van der Waals surface area contributed by atoms with Crippen LogP contribution in [0.3, 0.4) is 0 Å². The van der Waals surface area contributed by atoms with Gasteiger partial charge in [0.25, 0.3) is 6.43 Å². The summed E-state index contributed by atoms with van der Waals surface area (Å²) >= 11 is 0. The van der Waals surface area contributed by atoms with Gasteiger partial charge in [-0.05, 0) is 49.7 Å². The fourth-order valence-corrected chi connectivity index (χ4v) is 4.43. The molecule has 2 heterocycles. The number of halogens is 2. The first-order valence-electron chi connectivity index (χ1n) is 12.1. The average molecular weight is 461 g/mol. The third-order valence-electron chi connectivity index (χ3n) is 6.69. The lowest BCUT2D eigenvalue weighted by Gasteiger charge is -2.36. The van der Waals surface area contributed by atoms with Crippen molar-refractivity contribution in [3.05, 3.63) is 35.4 Å². The molecule has 0 amide bonds. The number of nitrogens with one attached hydrogen (secondary N) is 2. The number of nitrogens with two attached hydrogens (primary N) is 1. The maximum absolute atomic E-state index is 13.2. The van der Waals surface area contributed by atoms with Gasteiger partial charge < -0.3 is 21.3 Å². The molecule has 33 heavy (non-hydrogen) atoms. The highest BCUT2D eigenvalue weighted by atomic mass is 19.3. The second-order valence-corrected chi connectivity index (χ2v) is 9.18. The van der Waals surface area contributed by atoms with E-state index in [1.807, 2.05) is 0 Å². The Morgan fingerprint density at radius 3 is 2.39 bits per heavy atom. The normalized spacial score (nSPS) is 15.0. The molecule has 1 fully saturated rings. The van der Waals surface area contributed by atoms with E-state index in [2.05, 4.69) is 43.2 Å². The van der Waals surface area contributed by atoms with E-state index in [0.29, 0.717) is 29.3 Å². The number of anilines is 4. The molecule has 1 aliphatic heterocycles. The van der Waals surface area contributed by atoms with Crippen LogP contribution < -0.4 is 21.3 Å². The van der Waals surface area contributed by atoms with Gasteiger partial charge in [-0.25, -0.2) is 8.78 Å². The highest BCUT2D eigenvalue weighted by Crippen LogP contribution is 2.33. The molecule has 0 atom stereocenters. The van der Waals surface area contributed by atoms with Crippen LogP contribution in [0.25, 0.3) is 0 Å². The van der Waals surface area contributed by atoms with Crippen molar-refractivity contribution in [3.8, 4) is 0 Å². The van der Waals surface area contributed by atoms with Gasteiger partial charge in [0.2, 0.25) is 5.95 Å². The summed E-state index contributed by atoms with van der Waals surface area (Å²) in [6, 6.07) is 6.51. The summed E-state index contributed by atoms with van der Waals surface area (Å²) in [5.74, 6) is 3.30. The van der Waals surface area contributed by atoms with Gasteiger partial charge in [0.05, 0.1) is 5.56 Å². The molecule has 182 valence electrons. The number of hydrogen-bond acceptors (Lipinski definition) is 6. The Hall–Kier alpha value is -2.48. The largest absolute Gasteiger partial charge is 0.356 e. The highest BCUT2D eigenvalue weighted by molar-refractivity contribution is 5.68. The van der Waals surface area contributed by atoms with Crippen LogP contribution in [-0.4, -0.2) is 29.1 Å². The summed E-state index contributed by atoms with van der Waals surface area (Å²) in [4.78, 5) is 11.9. The molecule has 2 aromatic rings. The Bertz CT molecular complexity index is 892. The van der Waals surface area contributed by atoms with E-state index in [9.17, 15) is 8.78 Å². The molecule has 1 aromatic heterocycles. The van der Waals surface area contributed by atoms with Crippen LogP contribution in [0.5, 0.6) is 0 Å². The first-order valence-corrected chi connectivity index (χ1v) is 12.1. The van der Waals surface area contributed by atoms with Crippen molar-refractivity contribution in [3.63, 3.8) is 0 Å². The first kappa shape index (κ1) is 25.1. The van der Waals surface area contributed by atoms with Crippen LogP contribution in [0.2, 0.25) is 0 Å². The molecule has 0 spiro atoms. The molecule has 8 heteroatoms. The van der Waals surface area contributed by atoms with Gasteiger partial charge in [-0.3, -0.25) is 0 Å². The standard InChI is InChI=1S/C25H38F2N6/c1-5-19(6-2)30-25-31-23(29-20-9-7-8-18(14-20)22(26)27)21(15-28)24(32-25)33-12-10-17(11-13-33)16(3)4/h7-9,14,16-17,19,22H,5-6,10-13,15,28H2,1-4H3,(H2,29,30,31,32). The predicted molar refractivity (Wildman–Crippen MR) is 132 cm³/mol. The molecule has 0 aliphatic carbocycles. The lowest BCUT2D eigenvalue weighted by atomic mass is 9.86. The quantitative estimate of drug-likeness (QED) is 0.398. The molecule has 1 aromatic carbocycles. The van der Waals surface area contributed by atoms with E-state index in [4.69, 9.17) is 15.7 Å². The summed E-state index contributed by atoms with van der Waals surface area (Å²) in [5, 5.41) is 6.69. The maximum atomic E-state index is 13.2. The van der Waals surface area contributed by atoms with E-state index >= 15 is 0 Å². The Kier molecular flexibility index (Phi) is 8.83. The molecular weight excluding hydrogens is 422 g/mol. The van der Waals surface area contributed by atoms with Crippen molar-refractivity contribution >= 4 is 23.3 Å². The topological polar surface area (TPSA) is 79.1 Å². The Balaban J connectivity index is 1.98. The van der Waals surface area contributed by atoms with Crippen molar-refractivity contribution in [1.82, 2.24) is 9.97 Å². The molecule has 0 unspecified atom stereocenters. The second-order valence-electron chi connectivity index (χ2n) is 9.18. The average Bonchev–Trinajstić information content (AvgIpc) is 2.82. The van der Waals surface area contributed by atoms with Crippen molar-refractivity contribution in [2.45, 2.75) is 72.4 Å². The monoisotopic (exact) mass is 460 g/mol.